The molecule has 11 nitrogen and oxygen atoms in total. The number of fused-ring (bicyclic) bond motifs is 1. The number of rotatable bonds is 6. The van der Waals surface area contributed by atoms with Crippen LogP contribution in [-0.2, 0) is 4.79 Å². The van der Waals surface area contributed by atoms with E-state index in [2.05, 4.69) is 30.9 Å². The summed E-state index contributed by atoms with van der Waals surface area (Å²) in [7, 11) is 0. The fraction of sp³-hybridized carbons (Fsp3) is 0.385. The van der Waals surface area contributed by atoms with Crippen molar-refractivity contribution in [3.63, 3.8) is 0 Å². The first-order chi connectivity index (χ1) is 18.3. The molecule has 2 amide bonds. The Labute approximate surface area is 224 Å². The van der Waals surface area contributed by atoms with Crippen LogP contribution < -0.4 is 20.9 Å². The second-order valence-electron chi connectivity index (χ2n) is 9.67. The van der Waals surface area contributed by atoms with Crippen LogP contribution in [0.5, 0.6) is 0 Å². The highest BCUT2D eigenvalue weighted by Crippen LogP contribution is 2.46. The van der Waals surface area contributed by atoms with Gasteiger partial charge in [-0.1, -0.05) is 0 Å². The van der Waals surface area contributed by atoms with Gasteiger partial charge >= 0.3 is 12.0 Å². The number of benzene rings is 1. The maximum atomic E-state index is 13.1. The number of piperidine rings is 1. The Hall–Kier alpha value is -3.90. The average molecular weight is 535 g/mol. The van der Waals surface area contributed by atoms with Gasteiger partial charge < -0.3 is 20.6 Å². The van der Waals surface area contributed by atoms with Crippen LogP contribution in [-0.4, -0.2) is 63.7 Å². The van der Waals surface area contributed by atoms with E-state index in [1.54, 1.807) is 37.1 Å². The lowest BCUT2D eigenvalue weighted by Crippen LogP contribution is -2.71. The Morgan fingerprint density at radius 3 is 2.84 bits per heavy atom. The topological polar surface area (TPSA) is 145 Å². The number of aromatic nitrogens is 3. The monoisotopic (exact) mass is 534 g/mol. The number of nitrogens with one attached hydrogen (secondary N) is 3. The predicted octanol–water partition coefficient (Wildman–Crippen LogP) is 3.14. The minimum absolute atomic E-state index is 0.339. The molecule has 0 saturated carbocycles. The number of carbonyl (C=O) groups is 2. The lowest BCUT2D eigenvalue weighted by molar-refractivity contribution is -0.155. The Kier molecular flexibility index (Phi) is 6.84. The van der Waals surface area contributed by atoms with Crippen LogP contribution in [0.3, 0.4) is 0 Å². The van der Waals surface area contributed by atoms with Gasteiger partial charge in [0.05, 0.1) is 44.6 Å². The Bertz CT molecular complexity index is 1420. The molecule has 2 aromatic heterocycles. The van der Waals surface area contributed by atoms with E-state index in [4.69, 9.17) is 4.99 Å². The number of carboxylic acids is 1. The number of aryl methyl sites for hydroxylation is 1. The zero-order chi connectivity index (χ0) is 26.9. The van der Waals surface area contributed by atoms with E-state index < -0.39 is 29.1 Å². The van der Waals surface area contributed by atoms with Gasteiger partial charge in [-0.05, 0) is 51.9 Å². The Morgan fingerprint density at radius 1 is 1.26 bits per heavy atom. The normalized spacial score (nSPS) is 24.9. The van der Waals surface area contributed by atoms with Crippen molar-refractivity contribution in [2.24, 2.45) is 16.3 Å². The average Bonchev–Trinajstić information content (AvgIpc) is 3.38. The molecule has 0 radical (unpaired) electrons. The molecule has 198 valence electrons. The molecule has 3 aromatic rings. The summed E-state index contributed by atoms with van der Waals surface area (Å²) >= 11 is 1.50. The van der Waals surface area contributed by atoms with Crippen molar-refractivity contribution in [3.05, 3.63) is 48.0 Å². The summed E-state index contributed by atoms with van der Waals surface area (Å²) in [6.45, 7) is 6.73. The highest BCUT2D eigenvalue weighted by atomic mass is 32.1. The molecule has 4 heterocycles. The first-order valence-corrected chi connectivity index (χ1v) is 13.3. The van der Waals surface area contributed by atoms with Gasteiger partial charge in [-0.25, -0.2) is 14.8 Å². The van der Waals surface area contributed by atoms with Gasteiger partial charge in [0, 0.05) is 43.0 Å². The van der Waals surface area contributed by atoms with Gasteiger partial charge in [0.2, 0.25) is 5.79 Å². The molecule has 4 N–H and O–H groups in total. The fourth-order valence-electron chi connectivity index (χ4n) is 5.20. The number of aliphatic carboxylic acids is 1. The summed E-state index contributed by atoms with van der Waals surface area (Å²) in [4.78, 5) is 46.0. The van der Waals surface area contributed by atoms with Crippen molar-refractivity contribution in [2.75, 3.05) is 24.5 Å². The van der Waals surface area contributed by atoms with Crippen molar-refractivity contribution in [1.29, 1.82) is 0 Å². The summed E-state index contributed by atoms with van der Waals surface area (Å²) in [6, 6.07) is 3.45. The third-order valence-electron chi connectivity index (χ3n) is 7.26. The molecule has 1 aromatic carbocycles. The van der Waals surface area contributed by atoms with E-state index in [0.717, 1.165) is 21.5 Å². The third kappa shape index (κ3) is 4.39. The number of thiazole rings is 1. The summed E-state index contributed by atoms with van der Waals surface area (Å²) in [5.41, 5.74) is 4.38. The van der Waals surface area contributed by atoms with Crippen LogP contribution in [0.1, 0.15) is 26.0 Å². The molecule has 1 saturated heterocycles. The van der Waals surface area contributed by atoms with Gasteiger partial charge in [-0.2, -0.15) is 0 Å². The van der Waals surface area contributed by atoms with Crippen molar-refractivity contribution >= 4 is 45.5 Å². The molecule has 0 spiro atoms. The molecule has 12 heteroatoms. The molecular formula is C26H30N8O3S. The van der Waals surface area contributed by atoms with Crippen LogP contribution in [0, 0.1) is 18.3 Å². The number of amides is 2. The minimum Gasteiger partial charge on any atom is -0.481 e. The number of nitrogens with zero attached hydrogens (tertiary/aromatic N) is 5. The number of anilines is 1. The number of carboxylic acid groups (broad SMARTS) is 1. The third-order valence-corrected chi connectivity index (χ3v) is 8.13. The first kappa shape index (κ1) is 25.7. The van der Waals surface area contributed by atoms with Gasteiger partial charge in [0.15, 0.2) is 0 Å². The van der Waals surface area contributed by atoms with E-state index in [-0.39, 0.29) is 0 Å². The number of hydrogen-bond donors (Lipinski definition) is 4. The van der Waals surface area contributed by atoms with Crippen LogP contribution in [0.15, 0.2) is 47.3 Å². The zero-order valence-electron chi connectivity index (χ0n) is 21.4. The first-order valence-electron chi connectivity index (χ1n) is 12.5. The van der Waals surface area contributed by atoms with E-state index in [1.807, 2.05) is 37.1 Å². The quantitative estimate of drug-likeness (QED) is 0.378. The largest absolute Gasteiger partial charge is 0.481 e. The van der Waals surface area contributed by atoms with Gasteiger partial charge in [-0.3, -0.25) is 20.1 Å². The van der Waals surface area contributed by atoms with E-state index in [9.17, 15) is 14.7 Å². The maximum Gasteiger partial charge on any atom is 0.318 e. The summed E-state index contributed by atoms with van der Waals surface area (Å²) in [5.74, 6) is -3.00. The summed E-state index contributed by atoms with van der Waals surface area (Å²) < 4.78 is 0.952. The van der Waals surface area contributed by atoms with Crippen molar-refractivity contribution in [3.8, 4) is 11.3 Å². The maximum absolute atomic E-state index is 13.1. The zero-order valence-corrected chi connectivity index (χ0v) is 22.2. The van der Waals surface area contributed by atoms with Gasteiger partial charge in [0.1, 0.15) is 0 Å². The van der Waals surface area contributed by atoms with Crippen LogP contribution in [0.4, 0.5) is 10.5 Å². The molecule has 2 aliphatic heterocycles. The minimum atomic E-state index is -1.44. The Balaban J connectivity index is 1.71. The number of aliphatic imine (C=N–C) groups is 1. The number of allylic oxidation sites excluding steroid dienone is 1. The van der Waals surface area contributed by atoms with E-state index >= 15 is 0 Å². The van der Waals surface area contributed by atoms with Gasteiger partial charge in [0.25, 0.3) is 0 Å². The van der Waals surface area contributed by atoms with E-state index in [0.29, 0.717) is 37.4 Å². The summed E-state index contributed by atoms with van der Waals surface area (Å²) in [5, 5.41) is 19.5. The standard InChI is InChI=1S/C26H30N8O3S/c1-4-28-24(37)33-26(21-14-27-8-6-25(21,3)23(35)36)32-7-5-9-34(26)17-10-18(20-13-29-16(2)12-30-20)22-19(11-17)31-15-38-22/h5,7,9-13,15,21,27H,4,6,8,14H2,1-3H3,(H,35,36)(H2,28,33,37). The fourth-order valence-corrected chi connectivity index (χ4v) is 6.00. The van der Waals surface area contributed by atoms with Crippen LogP contribution in [0.25, 0.3) is 21.5 Å². The molecule has 2 aliphatic rings. The number of urea groups is 1. The molecule has 1 fully saturated rings. The van der Waals surface area contributed by atoms with Crippen molar-refractivity contribution < 1.29 is 14.7 Å². The highest BCUT2D eigenvalue weighted by Gasteiger charge is 2.57. The lowest BCUT2D eigenvalue weighted by Gasteiger charge is -2.52. The number of hydrogen-bond acceptors (Lipinski definition) is 9. The van der Waals surface area contributed by atoms with E-state index in [1.165, 1.54) is 11.3 Å². The molecule has 0 bridgehead atoms. The molecule has 3 unspecified atom stereocenters. The smallest absolute Gasteiger partial charge is 0.318 e. The Morgan fingerprint density at radius 2 is 2.11 bits per heavy atom. The molecular weight excluding hydrogens is 504 g/mol. The molecule has 0 aliphatic carbocycles. The second-order valence-corrected chi connectivity index (χ2v) is 10.5. The second kappa shape index (κ2) is 10.1. The SMILES string of the molecule is CCNC(=O)NC1(C2CNCCC2(C)C(=O)O)N=CC=CN1c1cc(-c2cnc(C)cn2)c2scnc2c1. The van der Waals surface area contributed by atoms with Crippen LogP contribution >= 0.6 is 11.3 Å². The molecule has 3 atom stereocenters. The highest BCUT2D eigenvalue weighted by molar-refractivity contribution is 7.17. The predicted molar refractivity (Wildman–Crippen MR) is 147 cm³/mol. The summed E-state index contributed by atoms with van der Waals surface area (Å²) in [6.07, 6.45) is 9.01. The molecule has 5 rings (SSSR count). The molecule has 38 heavy (non-hydrogen) atoms. The van der Waals surface area contributed by atoms with Crippen LogP contribution in [0.2, 0.25) is 0 Å². The number of carbonyl (C=O) groups excluding carboxylic acids is 1. The lowest BCUT2D eigenvalue weighted by atomic mass is 9.68. The van der Waals surface area contributed by atoms with Crippen molar-refractivity contribution in [2.45, 2.75) is 33.0 Å². The van der Waals surface area contributed by atoms with Gasteiger partial charge in [-0.15, -0.1) is 11.3 Å². The van der Waals surface area contributed by atoms with Crippen molar-refractivity contribution in [1.82, 2.24) is 30.9 Å².